The van der Waals surface area contributed by atoms with Gasteiger partial charge in [0.15, 0.2) is 5.60 Å². The molecule has 0 bridgehead atoms. The second-order valence-electron chi connectivity index (χ2n) is 7.37. The summed E-state index contributed by atoms with van der Waals surface area (Å²) in [6.07, 6.45) is 1.50. The van der Waals surface area contributed by atoms with Crippen LogP contribution in [0.25, 0.3) is 0 Å². The van der Waals surface area contributed by atoms with Crippen LogP contribution in [0.1, 0.15) is 20.3 Å². The molecule has 0 amide bonds. The molecular weight excluding hydrogens is 276 g/mol. The van der Waals surface area contributed by atoms with Crippen LogP contribution in [0.3, 0.4) is 0 Å². The molecule has 6 heteroatoms. The minimum atomic E-state index is -1.07. The highest BCUT2D eigenvalue weighted by molar-refractivity contribution is 5.92. The van der Waals surface area contributed by atoms with E-state index < -0.39 is 35.0 Å². The Morgan fingerprint density at radius 1 is 1.43 bits per heavy atom. The number of carboxylic acids is 1. The number of carboxylic acid groups (broad SMARTS) is 1. The Balaban J connectivity index is 1.91. The molecule has 6 nitrogen and oxygen atoms in total. The molecule has 4 aliphatic rings. The Labute approximate surface area is 121 Å². The van der Waals surface area contributed by atoms with Gasteiger partial charge in [0.2, 0.25) is 0 Å². The average molecular weight is 294 g/mol. The maximum absolute atomic E-state index is 12.3. The van der Waals surface area contributed by atoms with Crippen molar-refractivity contribution >= 4 is 11.9 Å². The second-order valence-corrected chi connectivity index (χ2v) is 7.37. The SMILES string of the molecule is CC1(C)CC23C(COC(=O)C24CO4)C(C(=O)O)=CC3C1O. The Morgan fingerprint density at radius 2 is 2.10 bits per heavy atom. The van der Waals surface area contributed by atoms with Crippen LogP contribution in [0.15, 0.2) is 11.6 Å². The van der Waals surface area contributed by atoms with E-state index in [2.05, 4.69) is 0 Å². The molecule has 2 aliphatic carbocycles. The molecule has 0 aromatic rings. The molecule has 1 saturated carbocycles. The number of carbonyl (C=O) groups is 2. The minimum Gasteiger partial charge on any atom is -0.478 e. The predicted octanol–water partition coefficient (Wildman–Crippen LogP) is 0.346. The van der Waals surface area contributed by atoms with E-state index in [1.807, 2.05) is 13.8 Å². The maximum atomic E-state index is 12.3. The molecule has 2 N–H and O–H groups in total. The second kappa shape index (κ2) is 3.50. The van der Waals surface area contributed by atoms with Crippen molar-refractivity contribution in [2.24, 2.45) is 22.7 Å². The lowest BCUT2D eigenvalue weighted by Crippen LogP contribution is -2.56. The van der Waals surface area contributed by atoms with Gasteiger partial charge in [-0.3, -0.25) is 0 Å². The number of aliphatic carboxylic acids is 1. The van der Waals surface area contributed by atoms with E-state index >= 15 is 0 Å². The summed E-state index contributed by atoms with van der Waals surface area (Å²) < 4.78 is 10.7. The highest BCUT2D eigenvalue weighted by Gasteiger charge is 2.81. The van der Waals surface area contributed by atoms with Crippen LogP contribution in [-0.2, 0) is 19.1 Å². The normalized spacial score (nSPS) is 49.4. The highest BCUT2D eigenvalue weighted by Crippen LogP contribution is 2.71. The first kappa shape index (κ1) is 13.3. The summed E-state index contributed by atoms with van der Waals surface area (Å²) in [5.41, 5.74) is -1.89. The van der Waals surface area contributed by atoms with Gasteiger partial charge in [0.25, 0.3) is 0 Å². The van der Waals surface area contributed by atoms with Crippen LogP contribution >= 0.6 is 0 Å². The molecule has 5 atom stereocenters. The number of hydrogen-bond acceptors (Lipinski definition) is 5. The van der Waals surface area contributed by atoms with Crippen molar-refractivity contribution in [3.05, 3.63) is 11.6 Å². The Morgan fingerprint density at radius 3 is 2.67 bits per heavy atom. The summed E-state index contributed by atoms with van der Waals surface area (Å²) in [5.74, 6) is -2.20. The molecule has 2 aliphatic heterocycles. The third kappa shape index (κ3) is 1.27. The van der Waals surface area contributed by atoms with Gasteiger partial charge in [-0.05, 0) is 11.8 Å². The molecular formula is C15H18O6. The molecule has 5 unspecified atom stereocenters. The molecule has 0 radical (unpaired) electrons. The highest BCUT2D eigenvalue weighted by atomic mass is 16.6. The number of epoxide rings is 1. The first-order chi connectivity index (χ1) is 9.76. The van der Waals surface area contributed by atoms with Gasteiger partial charge in [-0.15, -0.1) is 0 Å². The van der Waals surface area contributed by atoms with Gasteiger partial charge in [0.05, 0.1) is 19.3 Å². The van der Waals surface area contributed by atoms with Gasteiger partial charge in [-0.1, -0.05) is 19.9 Å². The monoisotopic (exact) mass is 294 g/mol. The van der Waals surface area contributed by atoms with E-state index in [-0.39, 0.29) is 30.1 Å². The number of aliphatic hydroxyl groups is 1. The number of cyclic esters (lactones) is 1. The van der Waals surface area contributed by atoms with Crippen LogP contribution in [0.2, 0.25) is 0 Å². The fourth-order valence-electron chi connectivity index (χ4n) is 5.00. The number of carbonyl (C=O) groups excluding carboxylic acids is 1. The van der Waals surface area contributed by atoms with Crippen LogP contribution in [0.4, 0.5) is 0 Å². The maximum Gasteiger partial charge on any atom is 0.341 e. The molecule has 3 fully saturated rings. The third-order valence-corrected chi connectivity index (χ3v) is 5.98. The number of hydrogen-bond donors (Lipinski definition) is 2. The first-order valence-corrected chi connectivity index (χ1v) is 7.20. The van der Waals surface area contributed by atoms with Crippen molar-refractivity contribution in [1.29, 1.82) is 0 Å². The van der Waals surface area contributed by atoms with Crippen LogP contribution < -0.4 is 0 Å². The number of esters is 1. The summed E-state index contributed by atoms with van der Waals surface area (Å²) in [5, 5.41) is 20.1. The zero-order chi connectivity index (χ0) is 15.2. The van der Waals surface area contributed by atoms with E-state index in [4.69, 9.17) is 9.47 Å². The molecule has 0 aromatic carbocycles. The van der Waals surface area contributed by atoms with E-state index in [1.54, 1.807) is 6.08 Å². The quantitative estimate of drug-likeness (QED) is 0.535. The van der Waals surface area contributed by atoms with E-state index in [0.29, 0.717) is 6.42 Å². The topological polar surface area (TPSA) is 96.4 Å². The molecule has 114 valence electrons. The molecule has 21 heavy (non-hydrogen) atoms. The zero-order valence-electron chi connectivity index (χ0n) is 12.0. The zero-order valence-corrected chi connectivity index (χ0v) is 12.0. The van der Waals surface area contributed by atoms with Gasteiger partial charge in [-0.25, -0.2) is 9.59 Å². The summed E-state index contributed by atoms with van der Waals surface area (Å²) in [4.78, 5) is 23.8. The molecule has 0 aromatic heterocycles. The van der Waals surface area contributed by atoms with Gasteiger partial charge in [0.1, 0.15) is 0 Å². The Kier molecular flexibility index (Phi) is 2.21. The van der Waals surface area contributed by atoms with Gasteiger partial charge < -0.3 is 19.7 Å². The fraction of sp³-hybridized carbons (Fsp3) is 0.733. The van der Waals surface area contributed by atoms with Crippen molar-refractivity contribution in [3.8, 4) is 0 Å². The van der Waals surface area contributed by atoms with Crippen molar-refractivity contribution in [3.63, 3.8) is 0 Å². The summed E-state index contributed by atoms with van der Waals surface area (Å²) in [6, 6.07) is 0. The van der Waals surface area contributed by atoms with Crippen molar-refractivity contribution < 1.29 is 29.3 Å². The standard InChI is InChI=1S/C15H18O6/c1-13(2)5-14-8(10(13)16)3-7(11(17)18)9(14)4-20-12(19)15(14)6-21-15/h3,8-10,16H,4-6H2,1-2H3,(H,17,18). The number of rotatable bonds is 1. The Bertz CT molecular complexity index is 587. The number of ether oxygens (including phenoxy) is 2. The van der Waals surface area contributed by atoms with Crippen molar-refractivity contribution in [2.45, 2.75) is 32.0 Å². The first-order valence-electron chi connectivity index (χ1n) is 7.20. The van der Waals surface area contributed by atoms with Crippen LogP contribution in [0, 0.1) is 22.7 Å². The van der Waals surface area contributed by atoms with Gasteiger partial charge >= 0.3 is 11.9 Å². The molecule has 2 saturated heterocycles. The lowest BCUT2D eigenvalue weighted by Gasteiger charge is -2.44. The fourth-order valence-corrected chi connectivity index (χ4v) is 5.00. The van der Waals surface area contributed by atoms with Gasteiger partial charge in [0, 0.05) is 22.8 Å². The largest absolute Gasteiger partial charge is 0.478 e. The summed E-state index contributed by atoms with van der Waals surface area (Å²) in [7, 11) is 0. The lowest BCUT2D eigenvalue weighted by molar-refractivity contribution is -0.175. The lowest BCUT2D eigenvalue weighted by atomic mass is 9.61. The minimum absolute atomic E-state index is 0.0569. The van der Waals surface area contributed by atoms with Crippen molar-refractivity contribution in [1.82, 2.24) is 0 Å². The molecule has 2 spiro atoms. The van der Waals surface area contributed by atoms with Crippen LogP contribution in [-0.4, -0.2) is 47.1 Å². The van der Waals surface area contributed by atoms with Crippen LogP contribution in [0.5, 0.6) is 0 Å². The van der Waals surface area contributed by atoms with E-state index in [9.17, 15) is 19.8 Å². The predicted molar refractivity (Wildman–Crippen MR) is 69.2 cm³/mol. The van der Waals surface area contributed by atoms with E-state index in [0.717, 1.165) is 0 Å². The summed E-state index contributed by atoms with van der Waals surface area (Å²) >= 11 is 0. The van der Waals surface area contributed by atoms with Crippen molar-refractivity contribution in [2.75, 3.05) is 13.2 Å². The molecule has 2 heterocycles. The van der Waals surface area contributed by atoms with E-state index in [1.165, 1.54) is 0 Å². The Hall–Kier alpha value is -1.40. The third-order valence-electron chi connectivity index (χ3n) is 5.98. The smallest absolute Gasteiger partial charge is 0.341 e. The van der Waals surface area contributed by atoms with Gasteiger partial charge in [-0.2, -0.15) is 0 Å². The average Bonchev–Trinajstić information content (AvgIpc) is 3.08. The number of aliphatic hydroxyl groups excluding tert-OH is 1. The molecule has 4 rings (SSSR count). The summed E-state index contributed by atoms with van der Waals surface area (Å²) in [6.45, 7) is 4.21.